The molecule has 0 fully saturated rings. The largest absolute Gasteiger partial charge is 0.387 e. The summed E-state index contributed by atoms with van der Waals surface area (Å²) in [6.45, 7) is 9.10. The first-order valence-electron chi connectivity index (χ1n) is 10.8. The summed E-state index contributed by atoms with van der Waals surface area (Å²) in [6.07, 6.45) is 5.09. The third-order valence-electron chi connectivity index (χ3n) is 5.76. The van der Waals surface area contributed by atoms with Crippen molar-refractivity contribution < 1.29 is 5.11 Å². The number of nitrogens with one attached hydrogen (secondary N) is 1. The van der Waals surface area contributed by atoms with E-state index in [0.29, 0.717) is 24.6 Å². The SMILES string of the molecule is Cc1ccc(C(C)(C)C)cc1Cc1nc(NCC(O)c2ccncc2)nc2ncn(C)c12. The zero-order valence-corrected chi connectivity index (χ0v) is 19.3. The maximum absolute atomic E-state index is 10.5. The molecule has 1 atom stereocenters. The smallest absolute Gasteiger partial charge is 0.225 e. The van der Waals surface area contributed by atoms with E-state index in [1.54, 1.807) is 30.9 Å². The van der Waals surface area contributed by atoms with Gasteiger partial charge in [0.25, 0.3) is 0 Å². The van der Waals surface area contributed by atoms with Crippen molar-refractivity contribution >= 4 is 17.1 Å². The Morgan fingerprint density at radius 1 is 1.09 bits per heavy atom. The molecule has 0 amide bonds. The number of rotatable bonds is 6. The van der Waals surface area contributed by atoms with Crippen molar-refractivity contribution in [1.82, 2.24) is 24.5 Å². The molecule has 3 aromatic heterocycles. The van der Waals surface area contributed by atoms with E-state index in [-0.39, 0.29) is 5.41 Å². The normalized spacial score (nSPS) is 12.8. The van der Waals surface area contributed by atoms with Crippen LogP contribution >= 0.6 is 0 Å². The van der Waals surface area contributed by atoms with E-state index in [2.05, 4.69) is 66.2 Å². The summed E-state index contributed by atoms with van der Waals surface area (Å²) < 4.78 is 1.96. The highest BCUT2D eigenvalue weighted by molar-refractivity contribution is 5.75. The molecular weight excluding hydrogens is 400 g/mol. The first kappa shape index (κ1) is 21.9. The number of aromatic nitrogens is 5. The first-order chi connectivity index (χ1) is 15.2. The van der Waals surface area contributed by atoms with Crippen LogP contribution in [0.15, 0.2) is 49.1 Å². The second kappa shape index (κ2) is 8.67. The van der Waals surface area contributed by atoms with Gasteiger partial charge in [0.15, 0.2) is 5.65 Å². The molecule has 0 bridgehead atoms. The van der Waals surface area contributed by atoms with Crippen molar-refractivity contribution in [1.29, 1.82) is 0 Å². The molecule has 4 rings (SSSR count). The van der Waals surface area contributed by atoms with Crippen molar-refractivity contribution in [3.8, 4) is 0 Å². The number of nitrogens with zero attached hydrogens (tertiary/aromatic N) is 5. The van der Waals surface area contributed by atoms with Gasteiger partial charge in [0.2, 0.25) is 5.95 Å². The maximum atomic E-state index is 10.5. The van der Waals surface area contributed by atoms with Crippen molar-refractivity contribution in [2.45, 2.75) is 45.6 Å². The number of fused-ring (bicyclic) bond motifs is 1. The summed E-state index contributed by atoms with van der Waals surface area (Å²) in [5.74, 6) is 0.462. The Morgan fingerprint density at radius 2 is 1.84 bits per heavy atom. The Labute approximate surface area is 188 Å². The molecule has 3 heterocycles. The van der Waals surface area contributed by atoms with Crippen LogP contribution in [-0.2, 0) is 18.9 Å². The van der Waals surface area contributed by atoms with E-state index in [4.69, 9.17) is 4.98 Å². The van der Waals surface area contributed by atoms with Crippen molar-refractivity contribution in [2.24, 2.45) is 7.05 Å². The number of aryl methyl sites for hydroxylation is 2. The molecule has 2 N–H and O–H groups in total. The summed E-state index contributed by atoms with van der Waals surface area (Å²) >= 11 is 0. The topological polar surface area (TPSA) is 88.8 Å². The Kier molecular flexibility index (Phi) is 5.93. The maximum Gasteiger partial charge on any atom is 0.225 e. The van der Waals surface area contributed by atoms with Crippen molar-refractivity contribution in [3.63, 3.8) is 0 Å². The molecule has 1 aromatic carbocycles. The van der Waals surface area contributed by atoms with Crippen LogP contribution in [0.5, 0.6) is 0 Å². The minimum absolute atomic E-state index is 0.0752. The molecule has 0 aliphatic rings. The predicted molar refractivity (Wildman–Crippen MR) is 127 cm³/mol. The molecule has 32 heavy (non-hydrogen) atoms. The van der Waals surface area contributed by atoms with E-state index in [1.165, 1.54) is 16.7 Å². The molecule has 0 aliphatic heterocycles. The van der Waals surface area contributed by atoms with Gasteiger partial charge in [-0.2, -0.15) is 4.98 Å². The van der Waals surface area contributed by atoms with Gasteiger partial charge in [-0.05, 0) is 46.7 Å². The molecule has 0 aliphatic carbocycles. The Hall–Kier alpha value is -3.32. The molecular formula is C25H30N6O. The average molecular weight is 431 g/mol. The third-order valence-corrected chi connectivity index (χ3v) is 5.76. The number of hydrogen-bond acceptors (Lipinski definition) is 6. The number of pyridine rings is 1. The summed E-state index contributed by atoms with van der Waals surface area (Å²) in [4.78, 5) is 17.8. The van der Waals surface area contributed by atoms with Gasteiger partial charge < -0.3 is 15.0 Å². The molecule has 0 saturated heterocycles. The fourth-order valence-electron chi connectivity index (χ4n) is 3.74. The highest BCUT2D eigenvalue weighted by Gasteiger charge is 2.18. The van der Waals surface area contributed by atoms with E-state index < -0.39 is 6.10 Å². The molecule has 1 unspecified atom stereocenters. The lowest BCUT2D eigenvalue weighted by Gasteiger charge is -2.21. The van der Waals surface area contributed by atoms with Crippen LogP contribution in [-0.4, -0.2) is 36.2 Å². The predicted octanol–water partition coefficient (Wildman–Crippen LogP) is 4.10. The first-order valence-corrected chi connectivity index (χ1v) is 10.8. The summed E-state index contributed by atoms with van der Waals surface area (Å²) in [7, 11) is 1.96. The number of benzene rings is 1. The quantitative estimate of drug-likeness (QED) is 0.479. The second-order valence-electron chi connectivity index (χ2n) is 9.27. The fraction of sp³-hybridized carbons (Fsp3) is 0.360. The molecule has 4 aromatic rings. The van der Waals surface area contributed by atoms with Crippen LogP contribution in [0.2, 0.25) is 0 Å². The minimum Gasteiger partial charge on any atom is -0.387 e. The number of aliphatic hydroxyl groups excluding tert-OH is 1. The van der Waals surface area contributed by atoms with E-state index >= 15 is 0 Å². The van der Waals surface area contributed by atoms with Gasteiger partial charge in [-0.25, -0.2) is 9.97 Å². The fourth-order valence-corrected chi connectivity index (χ4v) is 3.74. The van der Waals surface area contributed by atoms with Crippen LogP contribution in [0.1, 0.15) is 54.8 Å². The van der Waals surface area contributed by atoms with E-state index in [1.807, 2.05) is 11.6 Å². The molecule has 7 heteroatoms. The van der Waals surface area contributed by atoms with Crippen molar-refractivity contribution in [3.05, 3.63) is 77.0 Å². The van der Waals surface area contributed by atoms with Gasteiger partial charge in [0.05, 0.1) is 18.1 Å². The van der Waals surface area contributed by atoms with E-state index in [0.717, 1.165) is 16.8 Å². The van der Waals surface area contributed by atoms with Crippen LogP contribution in [0.3, 0.4) is 0 Å². The highest BCUT2D eigenvalue weighted by atomic mass is 16.3. The summed E-state index contributed by atoms with van der Waals surface area (Å²) in [5.41, 5.74) is 7.11. The standard InChI is InChI=1S/C25H30N6O/c1-16-6-7-19(25(2,3)4)12-18(16)13-20-22-23(28-15-31(22)5)30-24(29-20)27-14-21(32)17-8-10-26-11-9-17/h6-12,15,21,32H,13-14H2,1-5H3,(H,27,29,30). The summed E-state index contributed by atoms with van der Waals surface area (Å²) in [6, 6.07) is 10.3. The van der Waals surface area contributed by atoms with Crippen LogP contribution in [0.4, 0.5) is 5.95 Å². The van der Waals surface area contributed by atoms with Crippen LogP contribution < -0.4 is 5.32 Å². The lowest BCUT2D eigenvalue weighted by molar-refractivity contribution is 0.191. The number of anilines is 1. The molecule has 0 saturated carbocycles. The van der Waals surface area contributed by atoms with Crippen LogP contribution in [0.25, 0.3) is 11.2 Å². The summed E-state index contributed by atoms with van der Waals surface area (Å²) in [5, 5.41) is 13.7. The molecule has 0 radical (unpaired) electrons. The lowest BCUT2D eigenvalue weighted by atomic mass is 9.84. The number of aliphatic hydroxyl groups is 1. The van der Waals surface area contributed by atoms with Gasteiger partial charge in [-0.3, -0.25) is 4.98 Å². The zero-order chi connectivity index (χ0) is 22.9. The van der Waals surface area contributed by atoms with Gasteiger partial charge in [0.1, 0.15) is 5.52 Å². The van der Waals surface area contributed by atoms with Gasteiger partial charge in [-0.15, -0.1) is 0 Å². The lowest BCUT2D eigenvalue weighted by Crippen LogP contribution is -2.15. The van der Waals surface area contributed by atoms with Gasteiger partial charge in [-0.1, -0.05) is 39.0 Å². The minimum atomic E-state index is -0.685. The monoisotopic (exact) mass is 430 g/mol. The van der Waals surface area contributed by atoms with Crippen LogP contribution in [0, 0.1) is 6.92 Å². The van der Waals surface area contributed by atoms with Crippen molar-refractivity contribution in [2.75, 3.05) is 11.9 Å². The number of hydrogen-bond donors (Lipinski definition) is 2. The van der Waals surface area contributed by atoms with Gasteiger partial charge >= 0.3 is 0 Å². The molecule has 166 valence electrons. The Balaban J connectivity index is 1.65. The number of imidazole rings is 1. The molecule has 7 nitrogen and oxygen atoms in total. The average Bonchev–Trinajstić information content (AvgIpc) is 3.14. The van der Waals surface area contributed by atoms with Gasteiger partial charge in [0, 0.05) is 32.4 Å². The Bertz CT molecular complexity index is 1230. The molecule has 0 spiro atoms. The second-order valence-corrected chi connectivity index (χ2v) is 9.27. The third kappa shape index (κ3) is 4.62. The van der Waals surface area contributed by atoms with E-state index in [9.17, 15) is 5.11 Å². The zero-order valence-electron chi connectivity index (χ0n) is 19.3. The highest BCUT2D eigenvalue weighted by Crippen LogP contribution is 2.27. The Morgan fingerprint density at radius 3 is 2.56 bits per heavy atom.